The highest BCUT2D eigenvalue weighted by Gasteiger charge is 1.94. The van der Waals surface area contributed by atoms with Gasteiger partial charge in [0.2, 0.25) is 0 Å². The first kappa shape index (κ1) is 13.8. The monoisotopic (exact) mass is 203 g/mol. The van der Waals surface area contributed by atoms with Crippen LogP contribution in [0.5, 0.6) is 0 Å². The number of nitrogens with zero attached hydrogens (tertiary/aromatic N) is 1. The lowest BCUT2D eigenvalue weighted by Crippen LogP contribution is -2.42. The Morgan fingerprint density at radius 2 is 1.71 bits per heavy atom. The molecule has 0 unspecified atom stereocenters. The predicted octanol–water partition coefficient (Wildman–Crippen LogP) is -0.942. The molecule has 0 rings (SSSR count). The van der Waals surface area contributed by atoms with Crippen LogP contribution in [-0.4, -0.2) is 44.9 Å². The van der Waals surface area contributed by atoms with E-state index < -0.39 is 0 Å². The first-order valence-electron chi connectivity index (χ1n) is 5.36. The van der Waals surface area contributed by atoms with Gasteiger partial charge in [-0.15, -0.1) is 0 Å². The third-order valence-electron chi connectivity index (χ3n) is 1.92. The van der Waals surface area contributed by atoms with Crippen molar-refractivity contribution in [3.05, 3.63) is 0 Å². The smallest absolute Gasteiger partial charge is 0.0617 e. The van der Waals surface area contributed by atoms with E-state index in [1.807, 2.05) is 12.1 Å². The van der Waals surface area contributed by atoms with Crippen molar-refractivity contribution in [2.24, 2.45) is 11.5 Å². The summed E-state index contributed by atoms with van der Waals surface area (Å²) in [4.78, 5) is 0. The fourth-order valence-electron chi connectivity index (χ4n) is 1.07. The molecule has 0 radical (unpaired) electrons. The second-order valence-corrected chi connectivity index (χ2v) is 3.40. The minimum Gasteiger partial charge on any atom is -0.330 e. The molecule has 0 aliphatic heterocycles. The molecule has 5 heteroatoms. The number of hydrogen-bond acceptors (Lipinski definition) is 5. The zero-order valence-electron chi connectivity index (χ0n) is 9.26. The Morgan fingerprint density at radius 1 is 1.00 bits per heavy atom. The van der Waals surface area contributed by atoms with Gasteiger partial charge < -0.3 is 16.8 Å². The number of nitrogens with one attached hydrogen (secondary N) is 2. The molecule has 0 aromatic rings. The maximum absolute atomic E-state index is 5.39. The second-order valence-electron chi connectivity index (χ2n) is 3.40. The van der Waals surface area contributed by atoms with E-state index in [1.54, 1.807) is 0 Å². The van der Waals surface area contributed by atoms with Crippen LogP contribution in [0.15, 0.2) is 0 Å². The van der Waals surface area contributed by atoms with Gasteiger partial charge in [-0.1, -0.05) is 0 Å². The van der Waals surface area contributed by atoms with Gasteiger partial charge >= 0.3 is 0 Å². The van der Waals surface area contributed by atoms with Crippen molar-refractivity contribution in [2.75, 3.05) is 39.9 Å². The summed E-state index contributed by atoms with van der Waals surface area (Å²) < 4.78 is 0. The van der Waals surface area contributed by atoms with Crippen molar-refractivity contribution in [2.45, 2.75) is 19.3 Å². The average Bonchev–Trinajstić information content (AvgIpc) is 2.18. The van der Waals surface area contributed by atoms with Gasteiger partial charge in [0.1, 0.15) is 0 Å². The molecule has 0 aliphatic carbocycles. The largest absolute Gasteiger partial charge is 0.330 e. The Kier molecular flexibility index (Phi) is 10.7. The van der Waals surface area contributed by atoms with Gasteiger partial charge in [-0.05, 0) is 38.9 Å². The first-order chi connectivity index (χ1) is 6.81. The Hall–Kier alpha value is -0.200. The van der Waals surface area contributed by atoms with Crippen molar-refractivity contribution < 1.29 is 0 Å². The van der Waals surface area contributed by atoms with E-state index in [-0.39, 0.29) is 0 Å². The molecule has 0 aromatic carbocycles. The molecule has 0 bridgehead atoms. The van der Waals surface area contributed by atoms with Crippen LogP contribution in [0.3, 0.4) is 0 Å². The number of unbranched alkanes of at least 4 members (excludes halogenated alkanes) is 1. The van der Waals surface area contributed by atoms with E-state index in [2.05, 4.69) is 10.7 Å². The highest BCUT2D eigenvalue weighted by molar-refractivity contribution is 4.49. The van der Waals surface area contributed by atoms with E-state index in [0.717, 1.165) is 52.1 Å². The summed E-state index contributed by atoms with van der Waals surface area (Å²) in [5.74, 6) is 0. The number of hydrazine groups is 1. The average molecular weight is 203 g/mol. The van der Waals surface area contributed by atoms with Crippen molar-refractivity contribution in [3.8, 4) is 0 Å². The fraction of sp³-hybridized carbons (Fsp3) is 1.00. The van der Waals surface area contributed by atoms with Gasteiger partial charge in [-0.2, -0.15) is 0 Å². The summed E-state index contributed by atoms with van der Waals surface area (Å²) in [7, 11) is 2.02. The van der Waals surface area contributed by atoms with Crippen LogP contribution in [0.1, 0.15) is 19.3 Å². The van der Waals surface area contributed by atoms with Gasteiger partial charge in [0, 0.05) is 13.6 Å². The number of rotatable bonds is 10. The molecule has 0 atom stereocenters. The summed E-state index contributed by atoms with van der Waals surface area (Å²) in [5, 5.41) is 5.36. The van der Waals surface area contributed by atoms with Gasteiger partial charge in [0.15, 0.2) is 0 Å². The number of nitrogens with two attached hydrogens (primary N) is 2. The SMILES string of the molecule is CN(CNCCCCN)NCCCN. The normalized spacial score (nSPS) is 11.1. The molecule has 0 fully saturated rings. The first-order valence-corrected chi connectivity index (χ1v) is 5.36. The summed E-state index contributed by atoms with van der Waals surface area (Å²) in [5.41, 5.74) is 14.0. The van der Waals surface area contributed by atoms with Gasteiger partial charge in [0.25, 0.3) is 0 Å². The molecule has 0 amide bonds. The van der Waals surface area contributed by atoms with E-state index in [9.17, 15) is 0 Å². The topological polar surface area (TPSA) is 79.3 Å². The quantitative estimate of drug-likeness (QED) is 0.209. The molecule has 0 aliphatic rings. The molecule has 6 N–H and O–H groups in total. The van der Waals surface area contributed by atoms with Crippen LogP contribution in [0.2, 0.25) is 0 Å². The highest BCUT2D eigenvalue weighted by atomic mass is 15.5. The Morgan fingerprint density at radius 3 is 2.36 bits per heavy atom. The van der Waals surface area contributed by atoms with Crippen LogP contribution in [0.4, 0.5) is 0 Å². The minimum absolute atomic E-state index is 0.741. The third kappa shape index (κ3) is 9.88. The molecule has 0 saturated carbocycles. The summed E-state index contributed by atoms with van der Waals surface area (Å²) in [6, 6.07) is 0. The molecule has 86 valence electrons. The predicted molar refractivity (Wildman–Crippen MR) is 60.6 cm³/mol. The molecule has 0 heterocycles. The zero-order chi connectivity index (χ0) is 10.6. The highest BCUT2D eigenvalue weighted by Crippen LogP contribution is 1.82. The Labute approximate surface area is 87.2 Å². The fourth-order valence-corrected chi connectivity index (χ4v) is 1.07. The zero-order valence-corrected chi connectivity index (χ0v) is 9.26. The number of hydrogen-bond donors (Lipinski definition) is 4. The van der Waals surface area contributed by atoms with E-state index >= 15 is 0 Å². The van der Waals surface area contributed by atoms with Crippen LogP contribution in [0.25, 0.3) is 0 Å². The lowest BCUT2D eigenvalue weighted by Gasteiger charge is -2.18. The Balaban J connectivity index is 3.06. The summed E-state index contributed by atoms with van der Waals surface area (Å²) in [6.07, 6.45) is 3.25. The van der Waals surface area contributed by atoms with Crippen molar-refractivity contribution in [3.63, 3.8) is 0 Å². The maximum atomic E-state index is 5.39. The molecular weight excluding hydrogens is 178 g/mol. The van der Waals surface area contributed by atoms with Crippen molar-refractivity contribution in [1.82, 2.24) is 15.8 Å². The minimum atomic E-state index is 0.741. The molecule has 0 saturated heterocycles. The molecule has 0 aromatic heterocycles. The summed E-state index contributed by atoms with van der Waals surface area (Å²) >= 11 is 0. The van der Waals surface area contributed by atoms with E-state index in [1.165, 1.54) is 0 Å². The van der Waals surface area contributed by atoms with Crippen LogP contribution in [0, 0.1) is 0 Å². The molecular formula is C9H25N5. The van der Waals surface area contributed by atoms with E-state index in [4.69, 9.17) is 11.5 Å². The maximum Gasteiger partial charge on any atom is 0.0617 e. The summed E-state index contributed by atoms with van der Waals surface area (Å²) in [6.45, 7) is 4.35. The van der Waals surface area contributed by atoms with E-state index in [0.29, 0.717) is 0 Å². The molecule has 0 spiro atoms. The lowest BCUT2D eigenvalue weighted by molar-refractivity contribution is 0.216. The van der Waals surface area contributed by atoms with Crippen LogP contribution in [-0.2, 0) is 0 Å². The van der Waals surface area contributed by atoms with Crippen LogP contribution < -0.4 is 22.2 Å². The van der Waals surface area contributed by atoms with Gasteiger partial charge in [-0.25, -0.2) is 5.01 Å². The van der Waals surface area contributed by atoms with Gasteiger partial charge in [0.05, 0.1) is 6.67 Å². The standard InChI is InChI=1S/C9H25N5/c1-14(13-8-4-6-11)9-12-7-3-2-5-10/h12-13H,2-11H2,1H3. The van der Waals surface area contributed by atoms with Crippen molar-refractivity contribution >= 4 is 0 Å². The molecule has 5 nitrogen and oxygen atoms in total. The second kappa shape index (κ2) is 10.9. The van der Waals surface area contributed by atoms with Crippen LogP contribution >= 0.6 is 0 Å². The third-order valence-corrected chi connectivity index (χ3v) is 1.92. The van der Waals surface area contributed by atoms with Crippen molar-refractivity contribution in [1.29, 1.82) is 0 Å². The van der Waals surface area contributed by atoms with Gasteiger partial charge in [-0.3, -0.25) is 5.43 Å². The molecule has 14 heavy (non-hydrogen) atoms. The lowest BCUT2D eigenvalue weighted by atomic mass is 10.3. The Bertz CT molecular complexity index is 109.